The molecule has 1 unspecified atom stereocenters. The lowest BCUT2D eigenvalue weighted by molar-refractivity contribution is -0.145. The normalized spacial score (nSPS) is 11.7. The first-order valence-corrected chi connectivity index (χ1v) is 10.1. The van der Waals surface area contributed by atoms with Crippen LogP contribution in [0.5, 0.6) is 0 Å². The molecule has 0 saturated heterocycles. The van der Waals surface area contributed by atoms with E-state index in [2.05, 4.69) is 38.2 Å². The molecule has 156 valence electrons. The van der Waals surface area contributed by atoms with Crippen molar-refractivity contribution in [3.8, 4) is 0 Å². The molecule has 5 heteroatoms. The third-order valence-electron chi connectivity index (χ3n) is 5.01. The average molecular weight is 405 g/mol. The van der Waals surface area contributed by atoms with Gasteiger partial charge >= 0.3 is 5.97 Å². The van der Waals surface area contributed by atoms with E-state index in [0.29, 0.717) is 17.7 Å². The minimum atomic E-state index is -0.895. The van der Waals surface area contributed by atoms with Gasteiger partial charge in [-0.15, -0.1) is 0 Å². The summed E-state index contributed by atoms with van der Waals surface area (Å²) in [4.78, 5) is 25.2. The fourth-order valence-electron chi connectivity index (χ4n) is 3.61. The van der Waals surface area contributed by atoms with Crippen LogP contribution >= 0.6 is 0 Å². The molecule has 3 rings (SSSR count). The summed E-state index contributed by atoms with van der Waals surface area (Å²) in [5.74, 6) is -0.101. The van der Waals surface area contributed by atoms with Gasteiger partial charge in [0.2, 0.25) is 0 Å². The first-order chi connectivity index (χ1) is 14.4. The molecule has 0 bridgehead atoms. The molecule has 3 aromatic rings. The van der Waals surface area contributed by atoms with Gasteiger partial charge in [-0.25, -0.2) is 4.79 Å². The van der Waals surface area contributed by atoms with Crippen LogP contribution in [0.2, 0.25) is 0 Å². The third-order valence-corrected chi connectivity index (χ3v) is 5.01. The molecule has 0 aliphatic carbocycles. The van der Waals surface area contributed by atoms with Crippen molar-refractivity contribution in [2.24, 2.45) is 0 Å². The maximum absolute atomic E-state index is 12.8. The molecule has 30 heavy (non-hydrogen) atoms. The van der Waals surface area contributed by atoms with Crippen molar-refractivity contribution < 1.29 is 18.7 Å². The number of carbonyl (C=O) groups excluding carboxylic acids is 2. The lowest BCUT2D eigenvalue weighted by atomic mass is 9.97. The Kier molecular flexibility index (Phi) is 6.72. The summed E-state index contributed by atoms with van der Waals surface area (Å²) in [5.41, 5.74) is 5.46. The van der Waals surface area contributed by atoms with Crippen LogP contribution in [0.1, 0.15) is 57.1 Å². The van der Waals surface area contributed by atoms with Gasteiger partial charge in [-0.1, -0.05) is 48.0 Å². The van der Waals surface area contributed by atoms with Crippen molar-refractivity contribution in [2.75, 3.05) is 6.61 Å². The molecule has 1 atom stereocenters. The van der Waals surface area contributed by atoms with Crippen LogP contribution in [0.15, 0.2) is 59.0 Å². The molecular weight excluding hydrogens is 378 g/mol. The molecular formula is C25H27NO4. The molecule has 0 aliphatic rings. The first-order valence-electron chi connectivity index (χ1n) is 10.1. The van der Waals surface area contributed by atoms with Crippen LogP contribution < -0.4 is 5.32 Å². The molecule has 1 heterocycles. The summed E-state index contributed by atoms with van der Waals surface area (Å²) in [5, 5.41) is 2.73. The van der Waals surface area contributed by atoms with Crippen LogP contribution in [0.25, 0.3) is 0 Å². The largest absolute Gasteiger partial charge is 0.464 e. The smallest absolute Gasteiger partial charge is 0.333 e. The average Bonchev–Trinajstić information content (AvgIpc) is 3.18. The molecule has 0 aliphatic heterocycles. The number of furan rings is 1. The van der Waals surface area contributed by atoms with E-state index in [1.165, 1.54) is 22.3 Å². The number of hydrogen-bond acceptors (Lipinski definition) is 4. The van der Waals surface area contributed by atoms with E-state index in [4.69, 9.17) is 9.15 Å². The van der Waals surface area contributed by atoms with Crippen molar-refractivity contribution in [1.29, 1.82) is 0 Å². The van der Waals surface area contributed by atoms with Gasteiger partial charge in [-0.3, -0.25) is 4.79 Å². The van der Waals surface area contributed by atoms with Crippen LogP contribution in [0, 0.1) is 20.8 Å². The Labute approximate surface area is 177 Å². The molecule has 2 aromatic carbocycles. The Balaban J connectivity index is 1.77. The first kappa shape index (κ1) is 21.4. The third kappa shape index (κ3) is 4.98. The minimum Gasteiger partial charge on any atom is -0.464 e. The summed E-state index contributed by atoms with van der Waals surface area (Å²) in [7, 11) is 0. The second-order valence-corrected chi connectivity index (χ2v) is 7.39. The maximum atomic E-state index is 12.8. The predicted molar refractivity (Wildman–Crippen MR) is 115 cm³/mol. The number of amides is 1. The minimum absolute atomic E-state index is 0.164. The highest BCUT2D eigenvalue weighted by molar-refractivity contribution is 5.95. The van der Waals surface area contributed by atoms with Gasteiger partial charge in [0, 0.05) is 6.42 Å². The predicted octanol–water partition coefficient (Wildman–Crippen LogP) is 4.83. The molecule has 0 radical (unpaired) electrons. The summed E-state index contributed by atoms with van der Waals surface area (Å²) in [6, 6.07) is 15.8. The van der Waals surface area contributed by atoms with Crippen molar-refractivity contribution in [1.82, 2.24) is 5.32 Å². The van der Waals surface area contributed by atoms with E-state index >= 15 is 0 Å². The topological polar surface area (TPSA) is 68.5 Å². The molecule has 0 spiro atoms. The summed E-state index contributed by atoms with van der Waals surface area (Å²) in [6.07, 6.45) is 0.602. The van der Waals surface area contributed by atoms with Crippen LogP contribution in [-0.2, 0) is 16.0 Å². The van der Waals surface area contributed by atoms with Crippen molar-refractivity contribution in [3.63, 3.8) is 0 Å². The zero-order chi connectivity index (χ0) is 21.7. The second-order valence-electron chi connectivity index (χ2n) is 7.39. The summed E-state index contributed by atoms with van der Waals surface area (Å²) >= 11 is 0. The molecule has 5 nitrogen and oxygen atoms in total. The van der Waals surface area contributed by atoms with Crippen LogP contribution in [0.4, 0.5) is 0 Å². The van der Waals surface area contributed by atoms with E-state index < -0.39 is 17.9 Å². The van der Waals surface area contributed by atoms with Gasteiger partial charge in [0.15, 0.2) is 11.8 Å². The standard InChI is InChI=1S/C25H27NO4/c1-5-29-25(28)23(19-9-7-6-8-10-19)26-24(27)22-12-11-20(30-22)15-21-17(3)13-16(2)14-18(21)4/h6-14,23H,5,15H2,1-4H3,(H,26,27). The van der Waals surface area contributed by atoms with Gasteiger partial charge in [0.1, 0.15) is 5.76 Å². The van der Waals surface area contributed by atoms with Crippen molar-refractivity contribution in [2.45, 2.75) is 40.2 Å². The molecule has 1 amide bonds. The number of ether oxygens (including phenoxy) is 1. The van der Waals surface area contributed by atoms with Crippen molar-refractivity contribution >= 4 is 11.9 Å². The van der Waals surface area contributed by atoms with Gasteiger partial charge in [-0.05, 0) is 62.1 Å². The number of nitrogens with one attached hydrogen (secondary N) is 1. The zero-order valence-electron chi connectivity index (χ0n) is 17.8. The zero-order valence-corrected chi connectivity index (χ0v) is 17.8. The Morgan fingerprint density at radius 3 is 2.30 bits per heavy atom. The number of benzene rings is 2. The van der Waals surface area contributed by atoms with E-state index in [-0.39, 0.29) is 12.4 Å². The van der Waals surface area contributed by atoms with E-state index in [0.717, 1.165) is 0 Å². The van der Waals surface area contributed by atoms with Crippen LogP contribution in [0.3, 0.4) is 0 Å². The fourth-order valence-corrected chi connectivity index (χ4v) is 3.61. The number of aryl methyl sites for hydroxylation is 3. The van der Waals surface area contributed by atoms with Gasteiger partial charge in [0.25, 0.3) is 5.91 Å². The Bertz CT molecular complexity index is 1010. The molecule has 1 N–H and O–H groups in total. The number of hydrogen-bond donors (Lipinski definition) is 1. The van der Waals surface area contributed by atoms with E-state index in [9.17, 15) is 9.59 Å². The summed E-state index contributed by atoms with van der Waals surface area (Å²) in [6.45, 7) is 8.20. The number of carbonyl (C=O) groups is 2. The Morgan fingerprint density at radius 1 is 1.00 bits per heavy atom. The highest BCUT2D eigenvalue weighted by atomic mass is 16.5. The number of esters is 1. The van der Waals surface area contributed by atoms with Gasteiger partial charge in [0.05, 0.1) is 6.61 Å². The molecule has 0 fully saturated rings. The lowest BCUT2D eigenvalue weighted by Gasteiger charge is -2.17. The SMILES string of the molecule is CCOC(=O)C(NC(=O)c1ccc(Cc2c(C)cc(C)cc2C)o1)c1ccccc1. The Morgan fingerprint density at radius 2 is 1.67 bits per heavy atom. The molecule has 1 aromatic heterocycles. The number of rotatable bonds is 7. The van der Waals surface area contributed by atoms with Gasteiger partial charge < -0.3 is 14.5 Å². The Hall–Kier alpha value is -3.34. The van der Waals surface area contributed by atoms with E-state index in [1.54, 1.807) is 31.2 Å². The highest BCUT2D eigenvalue weighted by Gasteiger charge is 2.25. The highest BCUT2D eigenvalue weighted by Crippen LogP contribution is 2.22. The second kappa shape index (κ2) is 9.44. The summed E-state index contributed by atoms with van der Waals surface area (Å²) < 4.78 is 10.9. The van der Waals surface area contributed by atoms with Crippen molar-refractivity contribution in [3.05, 3.63) is 93.9 Å². The molecule has 0 saturated carbocycles. The fraction of sp³-hybridized carbons (Fsp3) is 0.280. The quantitative estimate of drug-likeness (QED) is 0.572. The maximum Gasteiger partial charge on any atom is 0.333 e. The lowest BCUT2D eigenvalue weighted by Crippen LogP contribution is -2.34. The monoisotopic (exact) mass is 405 g/mol. The van der Waals surface area contributed by atoms with E-state index in [1.807, 2.05) is 18.2 Å². The van der Waals surface area contributed by atoms with Crippen LogP contribution in [-0.4, -0.2) is 18.5 Å². The van der Waals surface area contributed by atoms with Gasteiger partial charge in [-0.2, -0.15) is 0 Å².